The van der Waals surface area contributed by atoms with E-state index < -0.39 is 17.6 Å². The van der Waals surface area contributed by atoms with E-state index in [1.165, 1.54) is 0 Å². The highest BCUT2D eigenvalue weighted by molar-refractivity contribution is 5.89. The van der Waals surface area contributed by atoms with Gasteiger partial charge < -0.3 is 16.2 Å². The topological polar surface area (TPSA) is 92.4 Å². The van der Waals surface area contributed by atoms with Crippen LogP contribution in [0.4, 0.5) is 0 Å². The first-order valence-corrected chi connectivity index (χ1v) is 6.74. The lowest BCUT2D eigenvalue weighted by Crippen LogP contribution is -2.59. The van der Waals surface area contributed by atoms with Crippen LogP contribution in [0.25, 0.3) is 0 Å². The number of aliphatic carboxylic acids is 1. The van der Waals surface area contributed by atoms with Crippen LogP contribution < -0.4 is 11.1 Å². The van der Waals surface area contributed by atoms with Gasteiger partial charge in [-0.1, -0.05) is 39.5 Å². The maximum atomic E-state index is 12.0. The molecule has 1 saturated carbocycles. The van der Waals surface area contributed by atoms with E-state index in [0.29, 0.717) is 12.8 Å². The van der Waals surface area contributed by atoms with Crippen molar-refractivity contribution >= 4 is 11.9 Å². The Morgan fingerprint density at radius 1 is 1.33 bits per heavy atom. The van der Waals surface area contributed by atoms with Gasteiger partial charge in [0.1, 0.15) is 5.54 Å². The van der Waals surface area contributed by atoms with E-state index >= 15 is 0 Å². The van der Waals surface area contributed by atoms with E-state index in [-0.39, 0.29) is 11.8 Å². The molecule has 4 N–H and O–H groups in total. The summed E-state index contributed by atoms with van der Waals surface area (Å²) >= 11 is 0. The third-order valence-electron chi connectivity index (χ3n) is 4.04. The van der Waals surface area contributed by atoms with Crippen molar-refractivity contribution in [3.8, 4) is 0 Å². The summed E-state index contributed by atoms with van der Waals surface area (Å²) in [6.45, 7) is 3.87. The molecule has 0 radical (unpaired) electrons. The molecule has 2 atom stereocenters. The van der Waals surface area contributed by atoms with E-state index in [4.69, 9.17) is 5.73 Å². The van der Waals surface area contributed by atoms with E-state index in [1.807, 2.05) is 13.8 Å². The Labute approximate surface area is 108 Å². The first kappa shape index (κ1) is 15.0. The molecular formula is C13H24N2O3. The molecule has 5 nitrogen and oxygen atoms in total. The number of carbonyl (C=O) groups is 2. The second kappa shape index (κ2) is 6.18. The van der Waals surface area contributed by atoms with E-state index in [1.54, 1.807) is 0 Å². The van der Waals surface area contributed by atoms with Gasteiger partial charge in [-0.3, -0.25) is 4.79 Å². The zero-order valence-corrected chi connectivity index (χ0v) is 11.2. The van der Waals surface area contributed by atoms with Gasteiger partial charge >= 0.3 is 5.97 Å². The Hall–Kier alpha value is -1.10. The summed E-state index contributed by atoms with van der Waals surface area (Å²) < 4.78 is 0. The summed E-state index contributed by atoms with van der Waals surface area (Å²) in [6.07, 6.45) is 4.51. The van der Waals surface area contributed by atoms with Crippen LogP contribution in [0.15, 0.2) is 0 Å². The SMILES string of the molecule is CCC(C)[C@H](N)C(=O)NC1(C(=O)O)CCCCC1. The van der Waals surface area contributed by atoms with Crippen LogP contribution in [0.5, 0.6) is 0 Å². The molecule has 0 aromatic carbocycles. The van der Waals surface area contributed by atoms with Gasteiger partial charge in [0.15, 0.2) is 0 Å². The van der Waals surface area contributed by atoms with Crippen molar-refractivity contribution < 1.29 is 14.7 Å². The number of hydrogen-bond donors (Lipinski definition) is 3. The summed E-state index contributed by atoms with van der Waals surface area (Å²) in [5.41, 5.74) is 4.75. The number of rotatable bonds is 5. The molecule has 0 heterocycles. The molecule has 1 unspecified atom stereocenters. The highest BCUT2D eigenvalue weighted by atomic mass is 16.4. The minimum atomic E-state index is -1.10. The van der Waals surface area contributed by atoms with Gasteiger partial charge in [0.2, 0.25) is 5.91 Å². The lowest BCUT2D eigenvalue weighted by atomic mass is 9.81. The van der Waals surface area contributed by atoms with Crippen molar-refractivity contribution in [2.45, 2.75) is 64.0 Å². The molecule has 1 amide bonds. The van der Waals surface area contributed by atoms with Crippen molar-refractivity contribution in [1.82, 2.24) is 5.32 Å². The first-order valence-electron chi connectivity index (χ1n) is 6.74. The van der Waals surface area contributed by atoms with Crippen molar-refractivity contribution in [3.63, 3.8) is 0 Å². The minimum absolute atomic E-state index is 0.0550. The van der Waals surface area contributed by atoms with Crippen molar-refractivity contribution in [2.24, 2.45) is 11.7 Å². The van der Waals surface area contributed by atoms with Gasteiger partial charge in [-0.25, -0.2) is 4.79 Å². The van der Waals surface area contributed by atoms with Crippen LogP contribution >= 0.6 is 0 Å². The van der Waals surface area contributed by atoms with E-state index in [9.17, 15) is 14.7 Å². The number of carboxylic acid groups (broad SMARTS) is 1. The van der Waals surface area contributed by atoms with Gasteiger partial charge in [-0.05, 0) is 18.8 Å². The normalized spacial score (nSPS) is 21.9. The predicted octanol–water partition coefficient (Wildman–Crippen LogP) is 1.26. The zero-order valence-electron chi connectivity index (χ0n) is 11.2. The molecule has 1 fully saturated rings. The average Bonchev–Trinajstić information content (AvgIpc) is 2.37. The number of carboxylic acids is 1. The summed E-state index contributed by atoms with van der Waals surface area (Å²) in [5.74, 6) is -1.22. The Morgan fingerprint density at radius 3 is 2.33 bits per heavy atom. The largest absolute Gasteiger partial charge is 0.480 e. The van der Waals surface area contributed by atoms with Crippen LogP contribution in [0, 0.1) is 5.92 Å². The smallest absolute Gasteiger partial charge is 0.329 e. The van der Waals surface area contributed by atoms with Gasteiger partial charge in [0, 0.05) is 0 Å². The molecule has 0 aliphatic heterocycles. The Balaban J connectivity index is 2.72. The van der Waals surface area contributed by atoms with E-state index in [0.717, 1.165) is 25.7 Å². The lowest BCUT2D eigenvalue weighted by molar-refractivity contribution is -0.149. The van der Waals surface area contributed by atoms with Gasteiger partial charge in [-0.2, -0.15) is 0 Å². The fourth-order valence-electron chi connectivity index (χ4n) is 2.38. The maximum Gasteiger partial charge on any atom is 0.329 e. The molecule has 104 valence electrons. The lowest BCUT2D eigenvalue weighted by Gasteiger charge is -2.35. The Kier molecular flexibility index (Phi) is 5.14. The molecular weight excluding hydrogens is 232 g/mol. The highest BCUT2D eigenvalue weighted by Crippen LogP contribution is 2.28. The highest BCUT2D eigenvalue weighted by Gasteiger charge is 2.42. The van der Waals surface area contributed by atoms with Crippen LogP contribution in [0.1, 0.15) is 52.4 Å². The van der Waals surface area contributed by atoms with Crippen LogP contribution in [-0.2, 0) is 9.59 Å². The summed E-state index contributed by atoms with van der Waals surface area (Å²) in [7, 11) is 0. The Bertz CT molecular complexity index is 311. The van der Waals surface area contributed by atoms with Crippen molar-refractivity contribution in [3.05, 3.63) is 0 Å². The Morgan fingerprint density at radius 2 is 1.89 bits per heavy atom. The maximum absolute atomic E-state index is 12.0. The molecule has 0 aromatic heterocycles. The molecule has 0 aromatic rings. The molecule has 1 aliphatic rings. The number of amides is 1. The summed E-state index contributed by atoms with van der Waals surface area (Å²) in [6, 6.07) is -0.631. The standard InChI is InChI=1S/C13H24N2O3/c1-3-9(2)10(14)11(16)15-13(12(17)18)7-5-4-6-8-13/h9-10H,3-8,14H2,1-2H3,(H,15,16)(H,17,18)/t9?,10-/m0/s1. The third kappa shape index (κ3) is 3.22. The van der Waals surface area contributed by atoms with Crippen molar-refractivity contribution in [1.29, 1.82) is 0 Å². The quantitative estimate of drug-likeness (QED) is 0.690. The summed E-state index contributed by atoms with van der Waals surface area (Å²) in [4.78, 5) is 23.4. The molecule has 0 bridgehead atoms. The molecule has 1 aliphatic carbocycles. The second-order valence-electron chi connectivity index (χ2n) is 5.35. The molecule has 0 spiro atoms. The molecule has 18 heavy (non-hydrogen) atoms. The molecule has 0 saturated heterocycles. The fraction of sp³-hybridized carbons (Fsp3) is 0.846. The van der Waals surface area contributed by atoms with Crippen LogP contribution in [-0.4, -0.2) is 28.6 Å². The van der Waals surface area contributed by atoms with Crippen LogP contribution in [0.3, 0.4) is 0 Å². The molecule has 5 heteroatoms. The molecule has 1 rings (SSSR count). The monoisotopic (exact) mass is 256 g/mol. The zero-order chi connectivity index (χ0) is 13.8. The number of nitrogens with two attached hydrogens (primary N) is 1. The van der Waals surface area contributed by atoms with Crippen molar-refractivity contribution in [2.75, 3.05) is 0 Å². The number of carbonyl (C=O) groups excluding carboxylic acids is 1. The second-order valence-corrected chi connectivity index (χ2v) is 5.35. The predicted molar refractivity (Wildman–Crippen MR) is 69.0 cm³/mol. The fourth-order valence-corrected chi connectivity index (χ4v) is 2.38. The van der Waals surface area contributed by atoms with E-state index in [2.05, 4.69) is 5.32 Å². The first-order chi connectivity index (χ1) is 8.43. The number of hydrogen-bond acceptors (Lipinski definition) is 3. The summed E-state index contributed by atoms with van der Waals surface area (Å²) in [5, 5.41) is 12.0. The van der Waals surface area contributed by atoms with Crippen LogP contribution in [0.2, 0.25) is 0 Å². The van der Waals surface area contributed by atoms with Gasteiger partial charge in [0.05, 0.1) is 6.04 Å². The number of nitrogens with one attached hydrogen (secondary N) is 1. The minimum Gasteiger partial charge on any atom is -0.480 e. The average molecular weight is 256 g/mol. The van der Waals surface area contributed by atoms with Gasteiger partial charge in [-0.15, -0.1) is 0 Å². The van der Waals surface area contributed by atoms with Gasteiger partial charge in [0.25, 0.3) is 0 Å². The third-order valence-corrected chi connectivity index (χ3v) is 4.04.